The minimum absolute atomic E-state index is 0.673. The van der Waals surface area contributed by atoms with E-state index in [4.69, 9.17) is 28.2 Å². The van der Waals surface area contributed by atoms with Crippen LogP contribution in [0.5, 0.6) is 0 Å². The van der Waals surface area contributed by atoms with Crippen molar-refractivity contribution in [2.75, 3.05) is 36.8 Å². The molecule has 5 heterocycles. The summed E-state index contributed by atoms with van der Waals surface area (Å²) in [5.74, 6) is 2.51. The van der Waals surface area contributed by atoms with Gasteiger partial charge in [-0.25, -0.2) is 9.97 Å². The van der Waals surface area contributed by atoms with E-state index in [1.807, 2.05) is 79.0 Å². The second-order valence-corrected chi connectivity index (χ2v) is 13.5. The van der Waals surface area contributed by atoms with Gasteiger partial charge in [-0.3, -0.25) is 0 Å². The Hall–Kier alpha value is -3.22. The molecular formula is C35H39Br2Cl2N9. The maximum atomic E-state index is 6.37. The lowest BCUT2D eigenvalue weighted by Gasteiger charge is -2.23. The van der Waals surface area contributed by atoms with E-state index in [0.717, 1.165) is 87.0 Å². The van der Waals surface area contributed by atoms with E-state index in [1.165, 1.54) is 12.8 Å². The first-order valence-electron chi connectivity index (χ1n) is 16.2. The molecule has 7 rings (SSSR count). The number of fused-ring (bicyclic) bond motifs is 2. The van der Waals surface area contributed by atoms with Crippen LogP contribution in [0.1, 0.15) is 40.0 Å². The van der Waals surface area contributed by atoms with Crippen molar-refractivity contribution in [3.63, 3.8) is 0 Å². The fourth-order valence-corrected chi connectivity index (χ4v) is 6.49. The molecule has 252 valence electrons. The topological polar surface area (TPSA) is 96.5 Å². The van der Waals surface area contributed by atoms with Crippen LogP contribution in [0.3, 0.4) is 0 Å². The molecule has 9 nitrogen and oxygen atoms in total. The summed E-state index contributed by atoms with van der Waals surface area (Å²) in [4.78, 5) is 9.40. The Morgan fingerprint density at radius 2 is 1.25 bits per heavy atom. The monoisotopic (exact) mass is 813 g/mol. The van der Waals surface area contributed by atoms with Crippen molar-refractivity contribution < 1.29 is 0 Å². The molecule has 1 aliphatic heterocycles. The van der Waals surface area contributed by atoms with Crippen molar-refractivity contribution in [2.24, 2.45) is 5.92 Å². The number of aromatic nitrogens is 6. The number of piperidine rings is 1. The molecule has 1 aliphatic rings. The largest absolute Gasteiger partial charge is 0.370 e. The zero-order valence-corrected chi connectivity index (χ0v) is 31.8. The van der Waals surface area contributed by atoms with Crippen molar-refractivity contribution in [3.8, 4) is 22.5 Å². The highest BCUT2D eigenvalue weighted by atomic mass is 79.9. The molecule has 6 aromatic rings. The molecule has 0 unspecified atom stereocenters. The van der Waals surface area contributed by atoms with Crippen molar-refractivity contribution in [1.29, 1.82) is 0 Å². The summed E-state index contributed by atoms with van der Waals surface area (Å²) in [6.07, 6.45) is 6.95. The van der Waals surface area contributed by atoms with Crippen LogP contribution in [0.25, 0.3) is 33.8 Å². The van der Waals surface area contributed by atoms with Crippen LogP contribution in [0.15, 0.2) is 82.0 Å². The quantitative estimate of drug-likeness (QED) is 0.141. The Balaban J connectivity index is 0.000000181. The number of nitrogens with zero attached hydrogens (tertiary/aromatic N) is 6. The average Bonchev–Trinajstić information content (AvgIpc) is 3.70. The van der Waals surface area contributed by atoms with Crippen molar-refractivity contribution >= 4 is 78.0 Å². The van der Waals surface area contributed by atoms with E-state index in [0.29, 0.717) is 16.0 Å². The van der Waals surface area contributed by atoms with Gasteiger partial charge in [0.15, 0.2) is 11.3 Å². The van der Waals surface area contributed by atoms with Gasteiger partial charge in [0.05, 0.1) is 32.7 Å². The van der Waals surface area contributed by atoms with Gasteiger partial charge in [0, 0.05) is 46.4 Å². The van der Waals surface area contributed by atoms with Crippen LogP contribution >= 0.6 is 55.1 Å². The predicted molar refractivity (Wildman–Crippen MR) is 206 cm³/mol. The van der Waals surface area contributed by atoms with Crippen LogP contribution in [-0.4, -0.2) is 55.4 Å². The second kappa shape index (κ2) is 17.4. The predicted octanol–water partition coefficient (Wildman–Crippen LogP) is 9.88. The summed E-state index contributed by atoms with van der Waals surface area (Å²) in [6, 6.07) is 19.5. The van der Waals surface area contributed by atoms with Gasteiger partial charge in [0.25, 0.3) is 0 Å². The van der Waals surface area contributed by atoms with Crippen LogP contribution in [0, 0.1) is 5.92 Å². The molecule has 2 aromatic carbocycles. The highest BCUT2D eigenvalue weighted by molar-refractivity contribution is 9.11. The molecule has 1 fully saturated rings. The van der Waals surface area contributed by atoms with Gasteiger partial charge in [0.2, 0.25) is 0 Å². The molecule has 48 heavy (non-hydrogen) atoms. The average molecular weight is 816 g/mol. The Kier molecular flexibility index (Phi) is 13.1. The van der Waals surface area contributed by atoms with E-state index in [9.17, 15) is 0 Å². The van der Waals surface area contributed by atoms with Crippen LogP contribution < -0.4 is 16.0 Å². The first-order chi connectivity index (χ1) is 23.4. The number of benzene rings is 2. The minimum atomic E-state index is 0.673. The molecule has 3 N–H and O–H groups in total. The number of anilines is 2. The van der Waals surface area contributed by atoms with E-state index in [2.05, 4.69) is 69.9 Å². The number of hydrogen-bond donors (Lipinski definition) is 3. The number of hydrogen-bond acceptors (Lipinski definition) is 7. The van der Waals surface area contributed by atoms with E-state index >= 15 is 0 Å². The molecule has 0 spiro atoms. The molecule has 0 amide bonds. The molecule has 0 atom stereocenters. The third-order valence-corrected chi connectivity index (χ3v) is 9.52. The van der Waals surface area contributed by atoms with Crippen LogP contribution in [0.2, 0.25) is 10.0 Å². The molecular weight excluding hydrogens is 777 g/mol. The highest BCUT2D eigenvalue weighted by Crippen LogP contribution is 2.32. The van der Waals surface area contributed by atoms with E-state index in [1.54, 1.807) is 16.9 Å². The van der Waals surface area contributed by atoms with Gasteiger partial charge >= 0.3 is 0 Å². The van der Waals surface area contributed by atoms with Gasteiger partial charge in [0.1, 0.15) is 11.6 Å². The molecule has 1 saturated heterocycles. The normalized spacial score (nSPS) is 13.1. The standard InChI is InChI=1S/C18H19BrClN5.C15H14BrClN4.C2H6/c19-14-11-23-25-17(22-10-12-5-7-21-8-6-12)9-16(24-18(14)25)13-3-1-2-4-15(13)20;1-2-7-18-14-8-13(10-5-3-4-6-12(10)17)20-15-11(16)9-19-21(14)15;1-2/h1-4,9,11-12,21-22H,5-8,10H2;3-6,8-9,18H,2,7H2,1H3;1-2H3. The minimum Gasteiger partial charge on any atom is -0.370 e. The maximum absolute atomic E-state index is 6.37. The van der Waals surface area contributed by atoms with E-state index in [-0.39, 0.29) is 0 Å². The third-order valence-electron chi connectivity index (χ3n) is 7.74. The molecule has 4 aromatic heterocycles. The Bertz CT molecular complexity index is 1950. The number of rotatable bonds is 8. The van der Waals surface area contributed by atoms with Gasteiger partial charge in [-0.05, 0) is 82.3 Å². The fourth-order valence-electron chi connectivity index (χ4n) is 5.33. The number of halogens is 4. The van der Waals surface area contributed by atoms with Crippen molar-refractivity contribution in [1.82, 2.24) is 34.5 Å². The Labute approximate surface area is 308 Å². The zero-order valence-electron chi connectivity index (χ0n) is 27.2. The second-order valence-electron chi connectivity index (χ2n) is 11.0. The summed E-state index contributed by atoms with van der Waals surface area (Å²) in [6.45, 7) is 10.1. The van der Waals surface area contributed by atoms with Gasteiger partial charge < -0.3 is 16.0 Å². The first kappa shape index (κ1) is 36.1. The maximum Gasteiger partial charge on any atom is 0.172 e. The van der Waals surface area contributed by atoms with E-state index < -0.39 is 0 Å². The molecule has 0 bridgehead atoms. The zero-order chi connectivity index (χ0) is 34.0. The molecule has 0 radical (unpaired) electrons. The Morgan fingerprint density at radius 3 is 1.73 bits per heavy atom. The van der Waals surface area contributed by atoms with Crippen LogP contribution in [-0.2, 0) is 0 Å². The summed E-state index contributed by atoms with van der Waals surface area (Å²) < 4.78 is 5.35. The highest BCUT2D eigenvalue weighted by Gasteiger charge is 2.17. The first-order valence-corrected chi connectivity index (χ1v) is 18.5. The molecule has 0 aliphatic carbocycles. The lowest BCUT2D eigenvalue weighted by Crippen LogP contribution is -2.31. The van der Waals surface area contributed by atoms with Gasteiger partial charge in [-0.2, -0.15) is 19.2 Å². The van der Waals surface area contributed by atoms with Gasteiger partial charge in [-0.15, -0.1) is 0 Å². The summed E-state index contributed by atoms with van der Waals surface area (Å²) in [5, 5.41) is 20.5. The SMILES string of the molecule is CC.CCCNc1cc(-c2ccccc2Cl)nc2c(Br)cnn12.Clc1ccccc1-c1cc(NCC2CCNCC2)n2ncc(Br)c2n1. The lowest BCUT2D eigenvalue weighted by molar-refractivity contribution is 0.389. The smallest absolute Gasteiger partial charge is 0.172 e. The van der Waals surface area contributed by atoms with Crippen LogP contribution in [0.4, 0.5) is 11.6 Å². The summed E-state index contributed by atoms with van der Waals surface area (Å²) in [5.41, 5.74) is 5.05. The molecule has 13 heteroatoms. The molecule has 0 saturated carbocycles. The Morgan fingerprint density at radius 1 is 0.771 bits per heavy atom. The summed E-state index contributed by atoms with van der Waals surface area (Å²) in [7, 11) is 0. The third kappa shape index (κ3) is 8.49. The van der Waals surface area contributed by atoms with Crippen molar-refractivity contribution in [2.45, 2.75) is 40.0 Å². The number of nitrogens with one attached hydrogen (secondary N) is 3. The lowest BCUT2D eigenvalue weighted by atomic mass is 9.98. The fraction of sp³-hybridized carbons (Fsp3) is 0.314. The summed E-state index contributed by atoms with van der Waals surface area (Å²) >= 11 is 19.7. The van der Waals surface area contributed by atoms with Gasteiger partial charge in [-0.1, -0.05) is 80.4 Å². The van der Waals surface area contributed by atoms with Crippen molar-refractivity contribution in [3.05, 3.63) is 92.0 Å².